The lowest BCUT2D eigenvalue weighted by Crippen LogP contribution is -2.59. The lowest BCUT2D eigenvalue weighted by Gasteiger charge is -2.42. The summed E-state index contributed by atoms with van der Waals surface area (Å²) in [5.41, 5.74) is 2.26. The molecule has 2 fully saturated rings. The van der Waals surface area contributed by atoms with Gasteiger partial charge in [0, 0.05) is 49.7 Å². The summed E-state index contributed by atoms with van der Waals surface area (Å²) < 4.78 is 7.79. The zero-order valence-corrected chi connectivity index (χ0v) is 20.1. The van der Waals surface area contributed by atoms with Crippen molar-refractivity contribution < 1.29 is 19.4 Å². The molecule has 0 spiro atoms. The topological polar surface area (TPSA) is 111 Å². The number of aromatic nitrogens is 1. The highest BCUT2D eigenvalue weighted by molar-refractivity contribution is 5.98. The summed E-state index contributed by atoms with van der Waals surface area (Å²) in [4.78, 5) is 29.2. The summed E-state index contributed by atoms with van der Waals surface area (Å²) in [6, 6.07) is 18.7. The van der Waals surface area contributed by atoms with Crippen LogP contribution in [0, 0.1) is 11.3 Å². The van der Waals surface area contributed by atoms with Gasteiger partial charge in [-0.05, 0) is 49.2 Å². The maximum Gasteiger partial charge on any atom is 0.405 e. The fraction of sp³-hybridized carbons (Fsp3) is 0.370. The van der Waals surface area contributed by atoms with Crippen molar-refractivity contribution in [3.63, 3.8) is 0 Å². The summed E-state index contributed by atoms with van der Waals surface area (Å²) in [6.07, 6.45) is 0.847. The molecule has 1 aromatic heterocycles. The number of nitrogens with zero attached hydrogens (tertiary/aromatic N) is 4. The molecule has 9 heteroatoms. The van der Waals surface area contributed by atoms with E-state index in [2.05, 4.69) is 16.3 Å². The van der Waals surface area contributed by atoms with Gasteiger partial charge in [0.15, 0.2) is 0 Å². The Morgan fingerprint density at radius 2 is 1.83 bits per heavy atom. The quantitative estimate of drug-likeness (QED) is 0.530. The van der Waals surface area contributed by atoms with E-state index in [-0.39, 0.29) is 24.6 Å². The van der Waals surface area contributed by atoms with Gasteiger partial charge in [-0.1, -0.05) is 18.2 Å². The van der Waals surface area contributed by atoms with E-state index in [1.54, 1.807) is 24.3 Å². The molecular formula is C27H29N5O4. The second-order valence-corrected chi connectivity index (χ2v) is 9.53. The van der Waals surface area contributed by atoms with Crippen molar-refractivity contribution in [2.45, 2.75) is 31.0 Å². The highest BCUT2D eigenvalue weighted by Crippen LogP contribution is 2.31. The predicted molar refractivity (Wildman–Crippen MR) is 134 cm³/mol. The number of piperazine rings is 1. The first-order chi connectivity index (χ1) is 17.4. The number of fused-ring (bicyclic) bond motifs is 3. The molecule has 2 aliphatic heterocycles. The molecule has 3 heterocycles. The van der Waals surface area contributed by atoms with Crippen molar-refractivity contribution in [3.05, 3.63) is 65.9 Å². The minimum absolute atomic E-state index is 0.0367. The van der Waals surface area contributed by atoms with Crippen LogP contribution in [0.15, 0.2) is 54.6 Å². The van der Waals surface area contributed by atoms with Gasteiger partial charge in [0.1, 0.15) is 18.1 Å². The van der Waals surface area contributed by atoms with E-state index >= 15 is 0 Å². The third-order valence-corrected chi connectivity index (χ3v) is 7.28. The third kappa shape index (κ3) is 4.72. The molecule has 2 amide bonds. The molecule has 2 aliphatic rings. The van der Waals surface area contributed by atoms with Crippen LogP contribution in [0.25, 0.3) is 10.9 Å². The number of ether oxygens (including phenoxy) is 1. The zero-order valence-electron chi connectivity index (χ0n) is 20.1. The Bertz CT molecular complexity index is 1300. The molecular weight excluding hydrogens is 458 g/mol. The van der Waals surface area contributed by atoms with Gasteiger partial charge >= 0.3 is 6.09 Å². The van der Waals surface area contributed by atoms with Gasteiger partial charge < -0.3 is 24.6 Å². The smallest absolute Gasteiger partial charge is 0.405 e. The van der Waals surface area contributed by atoms with E-state index in [0.29, 0.717) is 36.6 Å². The molecule has 2 N–H and O–H groups in total. The molecule has 3 aromatic rings. The van der Waals surface area contributed by atoms with Crippen LogP contribution < -0.4 is 10.1 Å². The van der Waals surface area contributed by atoms with E-state index in [9.17, 15) is 14.7 Å². The monoisotopic (exact) mass is 487 g/mol. The van der Waals surface area contributed by atoms with Crippen LogP contribution >= 0.6 is 0 Å². The van der Waals surface area contributed by atoms with Crippen LogP contribution in [0.3, 0.4) is 0 Å². The van der Waals surface area contributed by atoms with Crippen molar-refractivity contribution in [1.82, 2.24) is 19.7 Å². The SMILES string of the molecule is Cn1c(C(=O)N2CC3CCC(C2)N3C[C@@H](COc2ccc(C#N)cc2)NC(=O)O)cc2ccccc21. The summed E-state index contributed by atoms with van der Waals surface area (Å²) in [5.74, 6) is 0.620. The molecule has 2 unspecified atom stereocenters. The van der Waals surface area contributed by atoms with Gasteiger partial charge in [-0.15, -0.1) is 0 Å². The normalized spacial score (nSPS) is 20.2. The van der Waals surface area contributed by atoms with Crippen molar-refractivity contribution in [1.29, 1.82) is 5.26 Å². The van der Waals surface area contributed by atoms with Crippen LogP contribution in [0.1, 0.15) is 28.9 Å². The first kappa shape index (κ1) is 23.7. The summed E-state index contributed by atoms with van der Waals surface area (Å²) in [7, 11) is 1.93. The fourth-order valence-electron chi connectivity index (χ4n) is 5.50. The summed E-state index contributed by atoms with van der Waals surface area (Å²) >= 11 is 0. The molecule has 2 saturated heterocycles. The Labute approximate surface area is 209 Å². The number of rotatable bonds is 7. The Morgan fingerprint density at radius 1 is 1.14 bits per heavy atom. The van der Waals surface area contributed by atoms with E-state index in [1.807, 2.05) is 46.8 Å². The number of aryl methyl sites for hydroxylation is 1. The minimum atomic E-state index is -1.10. The molecule has 9 nitrogen and oxygen atoms in total. The zero-order chi connectivity index (χ0) is 25.2. The van der Waals surface area contributed by atoms with Gasteiger partial charge in [-0.25, -0.2) is 4.79 Å². The number of carbonyl (C=O) groups is 2. The maximum absolute atomic E-state index is 13.4. The maximum atomic E-state index is 13.4. The second-order valence-electron chi connectivity index (χ2n) is 9.53. The number of nitriles is 1. The van der Waals surface area contributed by atoms with Gasteiger partial charge in [-0.3, -0.25) is 9.69 Å². The molecule has 0 saturated carbocycles. The summed E-state index contributed by atoms with van der Waals surface area (Å²) in [5, 5.41) is 22.0. The largest absolute Gasteiger partial charge is 0.491 e. The standard InChI is InChI=1S/C27H29N5O4/c1-30-24-5-3-2-4-19(24)12-25(30)26(33)31-15-21-8-9-22(16-31)32(21)14-20(29-27(34)35)17-36-23-10-6-18(13-28)7-11-23/h2-7,10-12,20-22,29H,8-9,14-17H2,1H3,(H,34,35)/t20-,21?,22?/m0/s1. The van der Waals surface area contributed by atoms with E-state index < -0.39 is 12.1 Å². The number of carboxylic acid groups (broad SMARTS) is 1. The van der Waals surface area contributed by atoms with Crippen LogP contribution in [0.2, 0.25) is 0 Å². The van der Waals surface area contributed by atoms with Gasteiger partial charge in [-0.2, -0.15) is 5.26 Å². The molecule has 0 aliphatic carbocycles. The number of nitrogens with one attached hydrogen (secondary N) is 1. The van der Waals surface area contributed by atoms with Crippen molar-refractivity contribution in [3.8, 4) is 11.8 Å². The lowest BCUT2D eigenvalue weighted by atomic mass is 10.1. The number of likely N-dealkylation sites (tertiary alicyclic amines) is 1. The highest BCUT2D eigenvalue weighted by atomic mass is 16.5. The number of carbonyl (C=O) groups excluding carboxylic acids is 1. The van der Waals surface area contributed by atoms with E-state index in [1.165, 1.54) is 0 Å². The van der Waals surface area contributed by atoms with Crippen molar-refractivity contribution in [2.75, 3.05) is 26.2 Å². The average molecular weight is 488 g/mol. The van der Waals surface area contributed by atoms with E-state index in [4.69, 9.17) is 10.00 Å². The number of amides is 2. The Morgan fingerprint density at radius 3 is 2.47 bits per heavy atom. The van der Waals surface area contributed by atoms with E-state index in [0.717, 1.165) is 23.7 Å². The first-order valence-electron chi connectivity index (χ1n) is 12.1. The van der Waals surface area contributed by atoms with Gasteiger partial charge in [0.2, 0.25) is 0 Å². The third-order valence-electron chi connectivity index (χ3n) is 7.28. The molecule has 186 valence electrons. The average Bonchev–Trinajstić information content (AvgIpc) is 3.32. The summed E-state index contributed by atoms with van der Waals surface area (Å²) in [6.45, 7) is 1.92. The van der Waals surface area contributed by atoms with Crippen molar-refractivity contribution >= 4 is 22.9 Å². The second kappa shape index (κ2) is 9.91. The number of benzene rings is 2. The molecule has 2 bridgehead atoms. The number of hydrogen-bond acceptors (Lipinski definition) is 5. The molecule has 5 rings (SSSR count). The Balaban J connectivity index is 1.25. The lowest BCUT2D eigenvalue weighted by molar-refractivity contribution is 0.0389. The Hall–Kier alpha value is -4.03. The van der Waals surface area contributed by atoms with Crippen LogP contribution in [-0.2, 0) is 7.05 Å². The van der Waals surface area contributed by atoms with Crippen molar-refractivity contribution in [2.24, 2.45) is 7.05 Å². The van der Waals surface area contributed by atoms with Crippen LogP contribution in [0.4, 0.5) is 4.79 Å². The molecule has 3 atom stereocenters. The van der Waals surface area contributed by atoms with Gasteiger partial charge in [0.25, 0.3) is 5.91 Å². The Kier molecular flexibility index (Phi) is 6.53. The molecule has 2 aromatic carbocycles. The number of para-hydroxylation sites is 1. The molecule has 0 radical (unpaired) electrons. The predicted octanol–water partition coefficient (Wildman–Crippen LogP) is 3.05. The fourth-order valence-corrected chi connectivity index (χ4v) is 5.50. The minimum Gasteiger partial charge on any atom is -0.491 e. The number of hydrogen-bond donors (Lipinski definition) is 2. The van der Waals surface area contributed by atoms with Gasteiger partial charge in [0.05, 0.1) is 17.7 Å². The van der Waals surface area contributed by atoms with Crippen LogP contribution in [-0.4, -0.2) is 75.8 Å². The molecule has 36 heavy (non-hydrogen) atoms. The first-order valence-corrected chi connectivity index (χ1v) is 12.1. The van der Waals surface area contributed by atoms with Crippen LogP contribution in [0.5, 0.6) is 5.75 Å². The highest BCUT2D eigenvalue weighted by Gasteiger charge is 2.42.